The van der Waals surface area contributed by atoms with Crippen LogP contribution in [0, 0.1) is 5.41 Å². The molecule has 2 aliphatic rings. The van der Waals surface area contributed by atoms with Crippen LogP contribution in [0.15, 0.2) is 48.5 Å². The Balaban J connectivity index is 1.50. The summed E-state index contributed by atoms with van der Waals surface area (Å²) in [6, 6.07) is 16.2. The third-order valence-electron chi connectivity index (χ3n) is 7.31. The number of amides is 1. The van der Waals surface area contributed by atoms with Crippen molar-refractivity contribution in [3.8, 4) is 5.75 Å². The Bertz CT molecular complexity index is 1010. The SMILES string of the molecule is COCC(=O)N[C@@H](Cc1ccccc1)[C@H](O)CN[C@H]1CC2(CCC2)Oc2ccc(CC(C)(C)C)cc21. The zero-order valence-corrected chi connectivity index (χ0v) is 22.2. The number of carbonyl (C=O) groups is 1. The van der Waals surface area contributed by atoms with E-state index in [0.29, 0.717) is 13.0 Å². The van der Waals surface area contributed by atoms with Crippen molar-refractivity contribution in [2.24, 2.45) is 5.41 Å². The largest absolute Gasteiger partial charge is 0.487 e. The third kappa shape index (κ3) is 6.87. The molecule has 1 saturated carbocycles. The lowest BCUT2D eigenvalue weighted by molar-refractivity contribution is -0.126. The summed E-state index contributed by atoms with van der Waals surface area (Å²) in [5, 5.41) is 17.8. The third-order valence-corrected chi connectivity index (χ3v) is 7.31. The van der Waals surface area contributed by atoms with Gasteiger partial charge in [0, 0.05) is 31.7 Å². The molecule has 2 aromatic carbocycles. The standard InChI is InChI=1S/C30H42N2O4/c1-29(2,3)17-22-11-12-27-23(15-22)25(18-30(36-27)13-8-14-30)31-19-26(33)24(32-28(34)20-35-4)16-21-9-6-5-7-10-21/h5-7,9-12,15,24-26,31,33H,8,13-14,16-20H2,1-4H3,(H,32,34)/t24-,25-,26+/m0/s1. The highest BCUT2D eigenvalue weighted by atomic mass is 16.5. The fourth-order valence-corrected chi connectivity index (χ4v) is 5.44. The number of ether oxygens (including phenoxy) is 2. The van der Waals surface area contributed by atoms with Crippen LogP contribution in [-0.4, -0.2) is 49.0 Å². The molecule has 4 rings (SSSR count). The van der Waals surface area contributed by atoms with Crippen molar-refractivity contribution < 1.29 is 19.4 Å². The van der Waals surface area contributed by atoms with Crippen LogP contribution >= 0.6 is 0 Å². The van der Waals surface area contributed by atoms with Crippen LogP contribution in [0.1, 0.15) is 69.2 Å². The number of carbonyl (C=O) groups excluding carboxylic acids is 1. The molecule has 1 amide bonds. The second-order valence-electron chi connectivity index (χ2n) is 11.8. The monoisotopic (exact) mass is 494 g/mol. The van der Waals surface area contributed by atoms with Crippen LogP contribution in [0.3, 0.4) is 0 Å². The maximum absolute atomic E-state index is 12.3. The minimum Gasteiger partial charge on any atom is -0.487 e. The van der Waals surface area contributed by atoms with Gasteiger partial charge in [-0.25, -0.2) is 0 Å². The summed E-state index contributed by atoms with van der Waals surface area (Å²) in [5.74, 6) is 0.731. The zero-order valence-electron chi connectivity index (χ0n) is 22.2. The van der Waals surface area contributed by atoms with Gasteiger partial charge in [0.2, 0.25) is 5.91 Å². The average molecular weight is 495 g/mol. The van der Waals surface area contributed by atoms with E-state index in [4.69, 9.17) is 9.47 Å². The number of fused-ring (bicyclic) bond motifs is 1. The molecule has 196 valence electrons. The molecule has 6 nitrogen and oxygen atoms in total. The van der Waals surface area contributed by atoms with Gasteiger partial charge in [-0.05, 0) is 54.7 Å². The van der Waals surface area contributed by atoms with Crippen LogP contribution in [0.4, 0.5) is 0 Å². The molecular weight excluding hydrogens is 452 g/mol. The van der Waals surface area contributed by atoms with E-state index in [1.54, 1.807) is 0 Å². The number of aliphatic hydroxyl groups is 1. The number of rotatable bonds is 10. The van der Waals surface area contributed by atoms with Crippen LogP contribution in [-0.2, 0) is 22.4 Å². The maximum atomic E-state index is 12.3. The van der Waals surface area contributed by atoms with E-state index in [2.05, 4.69) is 49.6 Å². The lowest BCUT2D eigenvalue weighted by Crippen LogP contribution is -2.52. The molecule has 1 aliphatic heterocycles. The van der Waals surface area contributed by atoms with Gasteiger partial charge in [-0.15, -0.1) is 0 Å². The lowest BCUT2D eigenvalue weighted by Gasteiger charge is -2.48. The Hall–Kier alpha value is -2.41. The normalized spacial score (nSPS) is 20.1. The molecule has 0 saturated heterocycles. The van der Waals surface area contributed by atoms with Crippen LogP contribution in [0.2, 0.25) is 0 Å². The number of benzene rings is 2. The second-order valence-corrected chi connectivity index (χ2v) is 11.8. The topological polar surface area (TPSA) is 79.8 Å². The van der Waals surface area contributed by atoms with Crippen LogP contribution in [0.5, 0.6) is 5.75 Å². The molecular formula is C30H42N2O4. The van der Waals surface area contributed by atoms with Gasteiger partial charge in [-0.2, -0.15) is 0 Å². The summed E-state index contributed by atoms with van der Waals surface area (Å²) in [6.07, 6.45) is 5.01. The maximum Gasteiger partial charge on any atom is 0.246 e. The van der Waals surface area contributed by atoms with Crippen LogP contribution in [0.25, 0.3) is 0 Å². The molecule has 0 aromatic heterocycles. The van der Waals surface area contributed by atoms with Gasteiger partial charge in [0.15, 0.2) is 0 Å². The van der Waals surface area contributed by atoms with E-state index >= 15 is 0 Å². The predicted octanol–water partition coefficient (Wildman–Crippen LogP) is 4.35. The Morgan fingerprint density at radius 1 is 1.17 bits per heavy atom. The van der Waals surface area contributed by atoms with Gasteiger partial charge in [0.05, 0.1) is 12.1 Å². The number of aliphatic hydroxyl groups excluding tert-OH is 1. The number of hydrogen-bond acceptors (Lipinski definition) is 5. The van der Waals surface area contributed by atoms with Gasteiger partial charge in [-0.3, -0.25) is 4.79 Å². The Kier molecular flexibility index (Phi) is 8.38. The average Bonchev–Trinajstić information content (AvgIpc) is 2.80. The smallest absolute Gasteiger partial charge is 0.246 e. The predicted molar refractivity (Wildman–Crippen MR) is 142 cm³/mol. The lowest BCUT2D eigenvalue weighted by atomic mass is 9.72. The molecule has 1 fully saturated rings. The summed E-state index contributed by atoms with van der Waals surface area (Å²) in [7, 11) is 1.50. The molecule has 6 heteroatoms. The molecule has 0 radical (unpaired) electrons. The van der Waals surface area contributed by atoms with E-state index in [1.165, 1.54) is 24.7 Å². The molecule has 3 atom stereocenters. The number of nitrogens with one attached hydrogen (secondary N) is 2. The van der Waals surface area contributed by atoms with Crippen molar-refractivity contribution in [2.45, 2.75) is 83.1 Å². The zero-order chi connectivity index (χ0) is 25.8. The van der Waals surface area contributed by atoms with E-state index < -0.39 is 12.1 Å². The molecule has 1 spiro atoms. The highest BCUT2D eigenvalue weighted by Crippen LogP contribution is 2.49. The fraction of sp³-hybridized carbons (Fsp3) is 0.567. The number of methoxy groups -OCH3 is 1. The van der Waals surface area contributed by atoms with E-state index in [1.807, 2.05) is 30.3 Å². The molecule has 3 N–H and O–H groups in total. The van der Waals surface area contributed by atoms with Crippen molar-refractivity contribution in [3.63, 3.8) is 0 Å². The van der Waals surface area contributed by atoms with Crippen molar-refractivity contribution in [1.82, 2.24) is 10.6 Å². The van der Waals surface area contributed by atoms with Crippen molar-refractivity contribution in [2.75, 3.05) is 20.3 Å². The highest BCUT2D eigenvalue weighted by Gasteiger charge is 2.45. The summed E-state index contributed by atoms with van der Waals surface area (Å²) < 4.78 is 11.5. The first kappa shape index (κ1) is 26.6. The molecule has 36 heavy (non-hydrogen) atoms. The first-order valence-electron chi connectivity index (χ1n) is 13.2. The van der Waals surface area contributed by atoms with Gasteiger partial charge >= 0.3 is 0 Å². The van der Waals surface area contributed by atoms with Crippen LogP contribution < -0.4 is 15.4 Å². The van der Waals surface area contributed by atoms with Crippen molar-refractivity contribution in [3.05, 3.63) is 65.2 Å². The van der Waals surface area contributed by atoms with Gasteiger partial charge in [0.25, 0.3) is 0 Å². The second kappa shape index (κ2) is 11.3. The minimum atomic E-state index is -0.757. The Morgan fingerprint density at radius 2 is 1.92 bits per heavy atom. The Morgan fingerprint density at radius 3 is 2.56 bits per heavy atom. The van der Waals surface area contributed by atoms with E-state index in [9.17, 15) is 9.90 Å². The van der Waals surface area contributed by atoms with E-state index in [-0.39, 0.29) is 29.6 Å². The Labute approximate surface area is 215 Å². The number of hydrogen-bond donors (Lipinski definition) is 3. The van der Waals surface area contributed by atoms with Gasteiger partial charge in [-0.1, -0.05) is 63.2 Å². The van der Waals surface area contributed by atoms with E-state index in [0.717, 1.165) is 37.0 Å². The van der Waals surface area contributed by atoms with Gasteiger partial charge in [0.1, 0.15) is 18.0 Å². The molecule has 0 unspecified atom stereocenters. The molecule has 1 aliphatic carbocycles. The van der Waals surface area contributed by atoms with Crippen molar-refractivity contribution in [1.29, 1.82) is 0 Å². The molecule has 1 heterocycles. The minimum absolute atomic E-state index is 0.0299. The first-order valence-corrected chi connectivity index (χ1v) is 13.2. The molecule has 2 aromatic rings. The fourth-order valence-electron chi connectivity index (χ4n) is 5.44. The quantitative estimate of drug-likeness (QED) is 0.458. The van der Waals surface area contributed by atoms with Gasteiger partial charge < -0.3 is 25.2 Å². The van der Waals surface area contributed by atoms with Crippen molar-refractivity contribution >= 4 is 5.91 Å². The molecule has 0 bridgehead atoms. The summed E-state index contributed by atoms with van der Waals surface area (Å²) in [6.45, 7) is 7.10. The summed E-state index contributed by atoms with van der Waals surface area (Å²) in [5.41, 5.74) is 3.64. The highest BCUT2D eigenvalue weighted by molar-refractivity contribution is 5.77. The summed E-state index contributed by atoms with van der Waals surface area (Å²) >= 11 is 0. The first-order chi connectivity index (χ1) is 17.2. The summed E-state index contributed by atoms with van der Waals surface area (Å²) in [4.78, 5) is 12.3.